The first-order chi connectivity index (χ1) is 15.2. The monoisotopic (exact) mass is 425 g/mol. The highest BCUT2D eigenvalue weighted by molar-refractivity contribution is 5.33. The van der Waals surface area contributed by atoms with Crippen molar-refractivity contribution in [2.24, 2.45) is 0 Å². The van der Waals surface area contributed by atoms with Gasteiger partial charge in [0, 0.05) is 64.5 Å². The summed E-state index contributed by atoms with van der Waals surface area (Å²) in [6.07, 6.45) is 0.526. The molecule has 2 heterocycles. The number of ether oxygens (including phenoxy) is 1. The van der Waals surface area contributed by atoms with Crippen LogP contribution in [0.15, 0.2) is 48.5 Å². The molecular formula is C25H35N3O3. The van der Waals surface area contributed by atoms with Crippen LogP contribution in [0.3, 0.4) is 0 Å². The summed E-state index contributed by atoms with van der Waals surface area (Å²) in [7, 11) is 0. The molecule has 0 aromatic heterocycles. The van der Waals surface area contributed by atoms with Crippen molar-refractivity contribution in [3.8, 4) is 5.75 Å². The Hall–Kier alpha value is -1.96. The zero-order valence-electron chi connectivity index (χ0n) is 18.3. The van der Waals surface area contributed by atoms with Gasteiger partial charge >= 0.3 is 0 Å². The van der Waals surface area contributed by atoms with Gasteiger partial charge in [0.15, 0.2) is 0 Å². The number of fused-ring (bicyclic) bond motifs is 1. The number of nitrogens with zero attached hydrogens (tertiary/aromatic N) is 3. The van der Waals surface area contributed by atoms with Crippen LogP contribution in [0.5, 0.6) is 5.75 Å². The van der Waals surface area contributed by atoms with Gasteiger partial charge in [0.05, 0.1) is 6.61 Å². The fourth-order valence-electron chi connectivity index (χ4n) is 4.58. The molecule has 2 aliphatic heterocycles. The molecule has 2 N–H and O–H groups in total. The molecule has 6 heteroatoms. The Kier molecular flexibility index (Phi) is 7.94. The van der Waals surface area contributed by atoms with E-state index in [1.165, 1.54) is 11.1 Å². The van der Waals surface area contributed by atoms with E-state index in [1.807, 2.05) is 18.2 Å². The number of aliphatic hydroxyl groups excluding tert-OH is 2. The number of hydrogen-bond acceptors (Lipinski definition) is 6. The van der Waals surface area contributed by atoms with Crippen molar-refractivity contribution < 1.29 is 14.9 Å². The fourth-order valence-corrected chi connectivity index (χ4v) is 4.58. The van der Waals surface area contributed by atoms with E-state index in [0.29, 0.717) is 13.2 Å². The molecule has 0 saturated carbocycles. The summed E-state index contributed by atoms with van der Waals surface area (Å²) in [5.74, 6) is 0.864. The van der Waals surface area contributed by atoms with Crippen molar-refractivity contribution >= 4 is 0 Å². The van der Waals surface area contributed by atoms with Crippen LogP contribution in [0.25, 0.3) is 0 Å². The Morgan fingerprint density at radius 1 is 0.839 bits per heavy atom. The molecule has 168 valence electrons. The van der Waals surface area contributed by atoms with E-state index in [-0.39, 0.29) is 6.61 Å². The predicted molar refractivity (Wildman–Crippen MR) is 122 cm³/mol. The third kappa shape index (κ3) is 6.28. The van der Waals surface area contributed by atoms with Gasteiger partial charge in [0.25, 0.3) is 0 Å². The molecule has 2 aliphatic rings. The highest BCUT2D eigenvalue weighted by Gasteiger charge is 2.20. The summed E-state index contributed by atoms with van der Waals surface area (Å²) in [6.45, 7) is 8.60. The second kappa shape index (κ2) is 11.1. The molecule has 1 saturated heterocycles. The van der Waals surface area contributed by atoms with Crippen molar-refractivity contribution in [1.82, 2.24) is 14.7 Å². The lowest BCUT2D eigenvalue weighted by molar-refractivity contribution is 0.0627. The number of piperazine rings is 1. The summed E-state index contributed by atoms with van der Waals surface area (Å²) in [4.78, 5) is 7.04. The average Bonchev–Trinajstić information content (AvgIpc) is 2.80. The van der Waals surface area contributed by atoms with Gasteiger partial charge < -0.3 is 14.9 Å². The van der Waals surface area contributed by atoms with Gasteiger partial charge in [0.2, 0.25) is 0 Å². The van der Waals surface area contributed by atoms with Crippen LogP contribution in [0.4, 0.5) is 0 Å². The molecule has 1 atom stereocenters. The molecule has 2 aromatic rings. The number of aliphatic hydroxyl groups is 2. The lowest BCUT2D eigenvalue weighted by Crippen LogP contribution is -2.46. The lowest BCUT2D eigenvalue weighted by atomic mass is 10.00. The molecule has 31 heavy (non-hydrogen) atoms. The minimum absolute atomic E-state index is 0.225. The summed E-state index contributed by atoms with van der Waals surface area (Å²) in [5, 5.41) is 19.7. The first-order valence-corrected chi connectivity index (χ1v) is 11.4. The standard InChI is InChI=1S/C25H35N3O3/c29-16-15-26-11-13-27(14-12-26)18-23-7-3-4-8-25(23)31-20-24(30)19-28-10-9-21-5-1-2-6-22(21)17-28/h1-8,24,29-30H,9-20H2. The highest BCUT2D eigenvalue weighted by Crippen LogP contribution is 2.22. The van der Waals surface area contributed by atoms with Crippen LogP contribution in [0.1, 0.15) is 16.7 Å². The first-order valence-electron chi connectivity index (χ1n) is 11.4. The summed E-state index contributed by atoms with van der Waals surface area (Å²) < 4.78 is 6.06. The Labute approximate surface area is 185 Å². The van der Waals surface area contributed by atoms with E-state index in [4.69, 9.17) is 9.84 Å². The second-order valence-corrected chi connectivity index (χ2v) is 8.67. The van der Waals surface area contributed by atoms with Gasteiger partial charge in [-0.3, -0.25) is 14.7 Å². The number of benzene rings is 2. The normalized spacial score (nSPS) is 19.2. The molecule has 4 rings (SSSR count). The van der Waals surface area contributed by atoms with E-state index in [9.17, 15) is 5.11 Å². The van der Waals surface area contributed by atoms with E-state index < -0.39 is 6.10 Å². The van der Waals surface area contributed by atoms with Crippen LogP contribution < -0.4 is 4.74 Å². The summed E-state index contributed by atoms with van der Waals surface area (Å²) in [5.41, 5.74) is 3.96. The zero-order valence-corrected chi connectivity index (χ0v) is 18.3. The molecule has 1 unspecified atom stereocenters. The predicted octanol–water partition coefficient (Wildman–Crippen LogP) is 1.59. The molecule has 0 aliphatic carbocycles. The maximum absolute atomic E-state index is 10.6. The maximum Gasteiger partial charge on any atom is 0.123 e. The van der Waals surface area contributed by atoms with Crippen LogP contribution in [-0.4, -0.2) is 90.0 Å². The fraction of sp³-hybridized carbons (Fsp3) is 0.520. The smallest absolute Gasteiger partial charge is 0.123 e. The van der Waals surface area contributed by atoms with Crippen molar-refractivity contribution in [2.45, 2.75) is 25.6 Å². The van der Waals surface area contributed by atoms with Gasteiger partial charge in [-0.1, -0.05) is 42.5 Å². The maximum atomic E-state index is 10.6. The van der Waals surface area contributed by atoms with Crippen LogP contribution in [0, 0.1) is 0 Å². The largest absolute Gasteiger partial charge is 0.491 e. The second-order valence-electron chi connectivity index (χ2n) is 8.67. The third-order valence-corrected chi connectivity index (χ3v) is 6.36. The summed E-state index contributed by atoms with van der Waals surface area (Å²) in [6, 6.07) is 16.7. The van der Waals surface area contributed by atoms with E-state index in [0.717, 1.165) is 70.1 Å². The lowest BCUT2D eigenvalue weighted by Gasteiger charge is -2.34. The Balaban J connectivity index is 1.25. The van der Waals surface area contributed by atoms with Crippen molar-refractivity contribution in [3.05, 3.63) is 65.2 Å². The quantitative estimate of drug-likeness (QED) is 0.637. The molecule has 0 bridgehead atoms. The van der Waals surface area contributed by atoms with Gasteiger partial charge in [-0.2, -0.15) is 0 Å². The van der Waals surface area contributed by atoms with Gasteiger partial charge in [-0.15, -0.1) is 0 Å². The van der Waals surface area contributed by atoms with E-state index in [2.05, 4.69) is 45.0 Å². The molecule has 0 spiro atoms. The molecule has 0 radical (unpaired) electrons. The summed E-state index contributed by atoms with van der Waals surface area (Å²) >= 11 is 0. The number of rotatable bonds is 9. The first kappa shape index (κ1) is 22.2. The number of para-hydroxylation sites is 1. The molecule has 0 amide bonds. The minimum Gasteiger partial charge on any atom is -0.491 e. The van der Waals surface area contributed by atoms with Gasteiger partial charge in [-0.05, 0) is 23.6 Å². The Morgan fingerprint density at radius 3 is 2.35 bits per heavy atom. The van der Waals surface area contributed by atoms with Crippen LogP contribution in [-0.2, 0) is 19.5 Å². The van der Waals surface area contributed by atoms with Crippen molar-refractivity contribution in [1.29, 1.82) is 0 Å². The van der Waals surface area contributed by atoms with Gasteiger partial charge in [0.1, 0.15) is 18.5 Å². The van der Waals surface area contributed by atoms with Crippen LogP contribution in [0.2, 0.25) is 0 Å². The van der Waals surface area contributed by atoms with Gasteiger partial charge in [-0.25, -0.2) is 0 Å². The molecule has 2 aromatic carbocycles. The highest BCUT2D eigenvalue weighted by atomic mass is 16.5. The van der Waals surface area contributed by atoms with Crippen molar-refractivity contribution in [2.75, 3.05) is 59.0 Å². The Morgan fingerprint density at radius 2 is 1.55 bits per heavy atom. The minimum atomic E-state index is -0.514. The third-order valence-electron chi connectivity index (χ3n) is 6.36. The SMILES string of the molecule is OCCN1CCN(Cc2ccccc2OCC(O)CN2CCc3ccccc3C2)CC1. The van der Waals surface area contributed by atoms with E-state index in [1.54, 1.807) is 0 Å². The number of hydrogen-bond donors (Lipinski definition) is 2. The molecule has 6 nitrogen and oxygen atoms in total. The zero-order chi connectivity index (χ0) is 21.5. The Bertz CT molecular complexity index is 823. The average molecular weight is 426 g/mol. The molecular weight excluding hydrogens is 390 g/mol. The van der Waals surface area contributed by atoms with Crippen LogP contribution >= 0.6 is 0 Å². The topological polar surface area (TPSA) is 59.4 Å². The number of β-amino-alcohol motifs (C(OH)–C–C–N with tert-alkyl or cyclic N) is 2. The van der Waals surface area contributed by atoms with Crippen molar-refractivity contribution in [3.63, 3.8) is 0 Å². The molecule has 1 fully saturated rings. The van der Waals surface area contributed by atoms with E-state index >= 15 is 0 Å².